The van der Waals surface area contributed by atoms with Crippen molar-refractivity contribution in [3.8, 4) is 0 Å². The van der Waals surface area contributed by atoms with Crippen LogP contribution < -0.4 is 5.32 Å². The number of halogens is 2. The summed E-state index contributed by atoms with van der Waals surface area (Å²) in [6.45, 7) is 2.81. The molecule has 0 heterocycles. The zero-order valence-corrected chi connectivity index (χ0v) is 9.52. The predicted molar refractivity (Wildman–Crippen MR) is 60.4 cm³/mol. The SMILES string of the molecule is CC1CC(NCc2cccc(Cl)c2F)C1. The zero-order valence-electron chi connectivity index (χ0n) is 8.76. The molecule has 0 amide bonds. The Hall–Kier alpha value is -0.600. The van der Waals surface area contributed by atoms with Crippen molar-refractivity contribution in [1.82, 2.24) is 5.32 Å². The van der Waals surface area contributed by atoms with Crippen molar-refractivity contribution in [1.29, 1.82) is 0 Å². The molecule has 0 bridgehead atoms. The van der Waals surface area contributed by atoms with Gasteiger partial charge in [0.15, 0.2) is 0 Å². The summed E-state index contributed by atoms with van der Waals surface area (Å²) in [7, 11) is 0. The molecule has 0 aliphatic heterocycles. The van der Waals surface area contributed by atoms with Gasteiger partial charge in [-0.3, -0.25) is 0 Å². The van der Waals surface area contributed by atoms with E-state index < -0.39 is 0 Å². The molecule has 1 nitrogen and oxygen atoms in total. The Morgan fingerprint density at radius 2 is 2.20 bits per heavy atom. The van der Waals surface area contributed by atoms with Crippen LogP contribution >= 0.6 is 11.6 Å². The molecule has 1 saturated carbocycles. The van der Waals surface area contributed by atoms with Gasteiger partial charge in [-0.25, -0.2) is 4.39 Å². The Morgan fingerprint density at radius 1 is 1.47 bits per heavy atom. The van der Waals surface area contributed by atoms with E-state index >= 15 is 0 Å². The molecule has 82 valence electrons. The van der Waals surface area contributed by atoms with Crippen molar-refractivity contribution in [2.24, 2.45) is 5.92 Å². The first kappa shape index (κ1) is 10.9. The minimum atomic E-state index is -0.293. The van der Waals surface area contributed by atoms with E-state index in [0.29, 0.717) is 18.2 Å². The van der Waals surface area contributed by atoms with Gasteiger partial charge in [0.2, 0.25) is 0 Å². The first-order chi connectivity index (χ1) is 7.16. The number of nitrogens with one attached hydrogen (secondary N) is 1. The van der Waals surface area contributed by atoms with Gasteiger partial charge in [-0.15, -0.1) is 0 Å². The van der Waals surface area contributed by atoms with Crippen LogP contribution in [0, 0.1) is 11.7 Å². The molecule has 1 aromatic carbocycles. The van der Waals surface area contributed by atoms with Crippen LogP contribution in [-0.2, 0) is 6.54 Å². The summed E-state index contributed by atoms with van der Waals surface area (Å²) in [6.07, 6.45) is 2.39. The van der Waals surface area contributed by atoms with Crippen LogP contribution in [0.5, 0.6) is 0 Å². The van der Waals surface area contributed by atoms with E-state index in [1.54, 1.807) is 18.2 Å². The van der Waals surface area contributed by atoms with Crippen LogP contribution in [-0.4, -0.2) is 6.04 Å². The second-order valence-electron chi connectivity index (χ2n) is 4.37. The molecule has 0 atom stereocenters. The Kier molecular flexibility index (Phi) is 3.27. The molecule has 0 aromatic heterocycles. The molecule has 0 spiro atoms. The number of rotatable bonds is 3. The summed E-state index contributed by atoms with van der Waals surface area (Å²) in [5.74, 6) is 0.519. The molecular weight excluding hydrogens is 213 g/mol. The maximum atomic E-state index is 13.5. The quantitative estimate of drug-likeness (QED) is 0.835. The van der Waals surface area contributed by atoms with E-state index in [9.17, 15) is 4.39 Å². The summed E-state index contributed by atoms with van der Waals surface area (Å²) < 4.78 is 13.5. The molecule has 1 aliphatic rings. The topological polar surface area (TPSA) is 12.0 Å². The minimum Gasteiger partial charge on any atom is -0.310 e. The fraction of sp³-hybridized carbons (Fsp3) is 0.500. The highest BCUT2D eigenvalue weighted by Crippen LogP contribution is 2.27. The lowest BCUT2D eigenvalue weighted by Crippen LogP contribution is -2.39. The van der Waals surface area contributed by atoms with Crippen molar-refractivity contribution in [3.63, 3.8) is 0 Å². The Labute approximate surface area is 94.6 Å². The second kappa shape index (κ2) is 4.50. The smallest absolute Gasteiger partial charge is 0.146 e. The van der Waals surface area contributed by atoms with Crippen molar-refractivity contribution in [3.05, 3.63) is 34.6 Å². The summed E-state index contributed by atoms with van der Waals surface area (Å²) in [6, 6.07) is 5.69. The maximum absolute atomic E-state index is 13.5. The molecule has 3 heteroatoms. The van der Waals surface area contributed by atoms with Crippen LogP contribution in [0.25, 0.3) is 0 Å². The van der Waals surface area contributed by atoms with E-state index in [2.05, 4.69) is 12.2 Å². The molecular formula is C12H15ClFN. The van der Waals surface area contributed by atoms with Gasteiger partial charge in [-0.1, -0.05) is 30.7 Å². The molecule has 1 fully saturated rings. The van der Waals surface area contributed by atoms with Crippen molar-refractivity contribution >= 4 is 11.6 Å². The van der Waals surface area contributed by atoms with E-state index in [4.69, 9.17) is 11.6 Å². The van der Waals surface area contributed by atoms with Gasteiger partial charge < -0.3 is 5.32 Å². The van der Waals surface area contributed by atoms with Gasteiger partial charge in [-0.05, 0) is 24.8 Å². The third kappa shape index (κ3) is 2.50. The van der Waals surface area contributed by atoms with Gasteiger partial charge in [0.05, 0.1) is 5.02 Å². The predicted octanol–water partition coefficient (Wildman–Crippen LogP) is 3.37. The summed E-state index contributed by atoms with van der Waals surface area (Å²) in [5.41, 5.74) is 0.655. The third-order valence-electron chi connectivity index (χ3n) is 2.99. The lowest BCUT2D eigenvalue weighted by atomic mass is 9.82. The molecule has 1 N–H and O–H groups in total. The second-order valence-corrected chi connectivity index (χ2v) is 4.77. The van der Waals surface area contributed by atoms with Gasteiger partial charge in [0.1, 0.15) is 5.82 Å². The molecule has 1 aliphatic carbocycles. The number of hydrogen-bond donors (Lipinski definition) is 1. The number of benzene rings is 1. The summed E-state index contributed by atoms with van der Waals surface area (Å²) in [4.78, 5) is 0. The summed E-state index contributed by atoms with van der Waals surface area (Å²) in [5, 5.41) is 3.54. The molecule has 0 radical (unpaired) electrons. The molecule has 1 aromatic rings. The van der Waals surface area contributed by atoms with E-state index in [1.165, 1.54) is 12.8 Å². The Bertz CT molecular complexity index is 347. The molecule has 15 heavy (non-hydrogen) atoms. The average Bonchev–Trinajstić information content (AvgIpc) is 2.17. The zero-order chi connectivity index (χ0) is 10.8. The van der Waals surface area contributed by atoms with Crippen molar-refractivity contribution < 1.29 is 4.39 Å². The van der Waals surface area contributed by atoms with Crippen LogP contribution in [0.3, 0.4) is 0 Å². The highest BCUT2D eigenvalue weighted by molar-refractivity contribution is 6.30. The van der Waals surface area contributed by atoms with E-state index in [-0.39, 0.29) is 10.8 Å². The van der Waals surface area contributed by atoms with Gasteiger partial charge in [0.25, 0.3) is 0 Å². The summed E-state index contributed by atoms with van der Waals surface area (Å²) >= 11 is 5.70. The fourth-order valence-electron chi connectivity index (χ4n) is 2.01. The van der Waals surface area contributed by atoms with E-state index in [1.807, 2.05) is 0 Å². The van der Waals surface area contributed by atoms with Crippen LogP contribution in [0.4, 0.5) is 4.39 Å². The van der Waals surface area contributed by atoms with Crippen molar-refractivity contribution in [2.45, 2.75) is 32.4 Å². The molecule has 2 rings (SSSR count). The lowest BCUT2D eigenvalue weighted by molar-refractivity contribution is 0.239. The average molecular weight is 228 g/mol. The van der Waals surface area contributed by atoms with Crippen LogP contribution in [0.15, 0.2) is 18.2 Å². The fourth-order valence-corrected chi connectivity index (χ4v) is 2.20. The van der Waals surface area contributed by atoms with Gasteiger partial charge in [0, 0.05) is 18.2 Å². The van der Waals surface area contributed by atoms with Crippen LogP contribution in [0.2, 0.25) is 5.02 Å². The Morgan fingerprint density at radius 3 is 2.87 bits per heavy atom. The highest BCUT2D eigenvalue weighted by atomic mass is 35.5. The first-order valence-corrected chi connectivity index (χ1v) is 5.71. The Balaban J connectivity index is 1.91. The van der Waals surface area contributed by atoms with Gasteiger partial charge in [-0.2, -0.15) is 0 Å². The number of hydrogen-bond acceptors (Lipinski definition) is 1. The van der Waals surface area contributed by atoms with Gasteiger partial charge >= 0.3 is 0 Å². The van der Waals surface area contributed by atoms with E-state index in [0.717, 1.165) is 5.92 Å². The maximum Gasteiger partial charge on any atom is 0.146 e. The highest BCUT2D eigenvalue weighted by Gasteiger charge is 2.24. The molecule has 0 saturated heterocycles. The third-order valence-corrected chi connectivity index (χ3v) is 3.28. The normalized spacial score (nSPS) is 25.0. The monoisotopic (exact) mass is 227 g/mol. The van der Waals surface area contributed by atoms with Crippen LogP contribution in [0.1, 0.15) is 25.3 Å². The standard InChI is InChI=1S/C12H15ClFN/c1-8-5-10(6-8)15-7-9-3-2-4-11(13)12(9)14/h2-4,8,10,15H,5-7H2,1H3. The van der Waals surface area contributed by atoms with Crippen molar-refractivity contribution in [2.75, 3.05) is 0 Å². The largest absolute Gasteiger partial charge is 0.310 e. The molecule has 0 unspecified atom stereocenters. The minimum absolute atomic E-state index is 0.205. The lowest BCUT2D eigenvalue weighted by Gasteiger charge is -2.33. The first-order valence-electron chi connectivity index (χ1n) is 5.33.